The Morgan fingerprint density at radius 3 is 1.71 bits per heavy atom. The molecule has 11 amide bonds. The molecule has 0 saturated carbocycles. The number of primary amides is 1. The van der Waals surface area contributed by atoms with E-state index in [4.69, 9.17) is 16.2 Å². The fraction of sp³-hybridized carbons (Fsp3) is 0.649. The van der Waals surface area contributed by atoms with Crippen LogP contribution in [0.4, 0.5) is 0 Å². The molecule has 0 radical (unpaired) electrons. The van der Waals surface area contributed by atoms with Crippen molar-refractivity contribution in [2.24, 2.45) is 23.3 Å². The van der Waals surface area contributed by atoms with Crippen LogP contribution in [-0.2, 0) is 80.0 Å². The van der Waals surface area contributed by atoms with Gasteiger partial charge in [-0.15, -0.1) is 0 Å². The van der Waals surface area contributed by atoms with E-state index in [1.807, 2.05) is 0 Å². The van der Waals surface area contributed by atoms with Crippen LogP contribution < -0.4 is 64.1 Å². The second kappa shape index (κ2) is 46.6. The highest BCUT2D eigenvalue weighted by molar-refractivity contribution is 5.99. The number of aliphatic carboxylic acids is 2. The summed E-state index contributed by atoms with van der Waals surface area (Å²) in [6.45, 7) is 10.4. The van der Waals surface area contributed by atoms with E-state index in [0.29, 0.717) is 30.7 Å². The van der Waals surface area contributed by atoms with E-state index in [0.717, 1.165) is 43.9 Å². The maximum absolute atomic E-state index is 14.8. The number of carbonyl (C=O) groups is 14. The molecule has 3 aliphatic rings. The number of nitrogens with two attached hydrogens (primary N) is 2. The molecule has 13 atom stereocenters. The van der Waals surface area contributed by atoms with Gasteiger partial charge in [0.1, 0.15) is 71.9 Å². The van der Waals surface area contributed by atoms with Crippen molar-refractivity contribution in [3.8, 4) is 11.5 Å². The summed E-state index contributed by atoms with van der Waals surface area (Å²) in [5, 5.41) is 74.4. The molecule has 1 fully saturated rings. The number of nitrogens with zero attached hydrogens (tertiary/aromatic N) is 1. The third-order valence-electron chi connectivity index (χ3n) is 18.9. The standard InChI is InChI=1S/C74H114N12O20/c1-7-44(5)63-74(105)106-50-30-26-47(27-31-50)41-57(82-65(96)52(22-18-38-75)79-66(97)53(33-36-61(92)93)77-60(91)42-49(89)21-17-15-13-11-9-10-12-14-16-20-43(3)4)70(101)85-64(45(6)87)72(103)81-55(34-37-62(94)95)67(98)78-51(8-2)73(104)86-39-19-23-58(86)71(102)80-54(32-35-59(76)90)68(99)83-56(69(100)84-63)40-46-24-28-48(88)29-25-46/h24-31,43-45,49,51-58,63-64,87-89H,7-23,32-42,75H2,1-6H3,(H2,76,90)(H,77,91)(H,78,98)(H,79,97)(H,80,102)(H,81,103)(H,82,96)(H,83,99)(H,84,100)(H,85,101)(H,92,93)(H,94,95)/t44-,45+,49?,51+,52-,53-,54-,55-,56-,57-,58-,63-,64-/m0/s1. The number of ether oxygens (including phenoxy) is 1. The molecule has 2 aromatic carbocycles. The number of amides is 11. The largest absolute Gasteiger partial charge is 0.508 e. The van der Waals surface area contributed by atoms with Crippen LogP contribution >= 0.6 is 0 Å². The van der Waals surface area contributed by atoms with Gasteiger partial charge in [0.05, 0.1) is 18.6 Å². The molecule has 3 heterocycles. The zero-order valence-electron chi connectivity index (χ0n) is 62.0. The summed E-state index contributed by atoms with van der Waals surface area (Å²) in [6, 6.07) is -4.81. The average molecular weight is 1490 g/mol. The number of fused-ring (bicyclic) bond motifs is 23. The van der Waals surface area contributed by atoms with Crippen molar-refractivity contribution in [3.05, 3.63) is 59.7 Å². The predicted octanol–water partition coefficient (Wildman–Crippen LogP) is 1.72. The number of aliphatic hydroxyl groups excluding tert-OH is 2. The quantitative estimate of drug-likeness (QED) is 0.0198. The minimum atomic E-state index is -1.98. The number of carbonyl (C=O) groups excluding carboxylic acids is 12. The molecule has 18 N–H and O–H groups in total. The van der Waals surface area contributed by atoms with Crippen molar-refractivity contribution in [1.82, 2.24) is 52.8 Å². The first-order valence-corrected chi connectivity index (χ1v) is 37.2. The molecule has 3 aliphatic heterocycles. The first kappa shape index (κ1) is 89.1. The molecule has 590 valence electrons. The lowest BCUT2D eigenvalue weighted by molar-refractivity contribution is -0.143. The smallest absolute Gasteiger partial charge is 0.334 e. The summed E-state index contributed by atoms with van der Waals surface area (Å²) < 4.78 is 5.83. The van der Waals surface area contributed by atoms with Crippen molar-refractivity contribution < 1.29 is 97.4 Å². The van der Waals surface area contributed by atoms with E-state index in [2.05, 4.69) is 61.7 Å². The summed E-state index contributed by atoms with van der Waals surface area (Å²) >= 11 is 0. The number of benzene rings is 2. The number of aromatic hydroxyl groups is 1. The first-order chi connectivity index (χ1) is 50.3. The molecular weight excluding hydrogens is 1380 g/mol. The Labute approximate surface area is 619 Å². The number of nitrogens with one attached hydrogen (secondary N) is 9. The van der Waals surface area contributed by atoms with Crippen molar-refractivity contribution in [3.63, 3.8) is 0 Å². The summed E-state index contributed by atoms with van der Waals surface area (Å²) in [6.07, 6.45) is 3.96. The van der Waals surface area contributed by atoms with Crippen LogP contribution in [0.15, 0.2) is 48.5 Å². The van der Waals surface area contributed by atoms with Gasteiger partial charge >= 0.3 is 17.9 Å². The molecule has 0 spiro atoms. The highest BCUT2D eigenvalue weighted by atomic mass is 16.5. The van der Waals surface area contributed by atoms with Gasteiger partial charge in [-0.05, 0) is 118 Å². The monoisotopic (exact) mass is 1490 g/mol. The Hall–Kier alpha value is -9.30. The van der Waals surface area contributed by atoms with Crippen molar-refractivity contribution in [1.29, 1.82) is 0 Å². The van der Waals surface area contributed by atoms with Crippen LogP contribution in [0.2, 0.25) is 0 Å². The number of rotatable bonds is 37. The molecule has 106 heavy (non-hydrogen) atoms. The third-order valence-corrected chi connectivity index (χ3v) is 18.9. The second-order valence-corrected chi connectivity index (χ2v) is 28.1. The lowest BCUT2D eigenvalue weighted by atomic mass is 9.97. The SMILES string of the molecule is CC[C@H]1NC(=O)[C@H](CCC(=O)O)NC(=O)[C@H]([C@@H](C)O)NC(=O)[C@@H](NC(=O)[C@H](CCCN)NC(=O)[C@H](CCC(=O)O)NC(=O)CC(O)CCCCCCCCCCCC(C)C)Cc2ccc(cc2)OC(=O)[C@H]([C@@H](C)CC)NC(=O)[C@H](Cc2ccc(O)cc2)NC(=O)[C@H](CCC(N)=O)NC(=O)[C@@H]2CCCN2C1=O. The Morgan fingerprint density at radius 2 is 1.14 bits per heavy atom. The number of aliphatic hydroxyl groups is 2. The van der Waals surface area contributed by atoms with E-state index in [1.165, 1.54) is 81.1 Å². The van der Waals surface area contributed by atoms with Crippen molar-refractivity contribution in [2.75, 3.05) is 13.1 Å². The van der Waals surface area contributed by atoms with E-state index in [1.54, 1.807) is 13.8 Å². The van der Waals surface area contributed by atoms with Gasteiger partial charge in [0.25, 0.3) is 0 Å². The maximum atomic E-state index is 14.8. The normalized spacial score (nSPS) is 21.8. The highest BCUT2D eigenvalue weighted by Gasteiger charge is 2.42. The Kier molecular flexibility index (Phi) is 39.2. The van der Waals surface area contributed by atoms with Gasteiger partial charge in [-0.25, -0.2) is 4.79 Å². The summed E-state index contributed by atoms with van der Waals surface area (Å²) in [5.41, 5.74) is 12.1. The third kappa shape index (κ3) is 31.8. The van der Waals surface area contributed by atoms with Crippen LogP contribution in [0.3, 0.4) is 0 Å². The summed E-state index contributed by atoms with van der Waals surface area (Å²) in [5.74, 6) is -14.6. The van der Waals surface area contributed by atoms with Crippen molar-refractivity contribution >= 4 is 82.9 Å². The number of hydrogen-bond donors (Lipinski definition) is 16. The molecule has 0 aliphatic carbocycles. The van der Waals surface area contributed by atoms with Gasteiger partial charge in [0, 0.05) is 38.6 Å². The molecule has 1 saturated heterocycles. The van der Waals surface area contributed by atoms with Crippen LogP contribution in [0.25, 0.3) is 0 Å². The zero-order valence-corrected chi connectivity index (χ0v) is 62.0. The minimum Gasteiger partial charge on any atom is -0.508 e. The van der Waals surface area contributed by atoms with Gasteiger partial charge in [-0.2, -0.15) is 0 Å². The number of carboxylic acid groups (broad SMARTS) is 2. The van der Waals surface area contributed by atoms with Crippen LogP contribution in [0.5, 0.6) is 11.5 Å². The second-order valence-electron chi connectivity index (χ2n) is 28.1. The number of phenols is 1. The Bertz CT molecular complexity index is 3250. The van der Waals surface area contributed by atoms with E-state index in [9.17, 15) is 92.7 Å². The number of carboxylic acids is 2. The molecule has 2 aromatic rings. The number of hydrogen-bond acceptors (Lipinski definition) is 19. The molecular formula is C74H114N12O20. The molecule has 5 rings (SSSR count). The fourth-order valence-corrected chi connectivity index (χ4v) is 12.4. The first-order valence-electron chi connectivity index (χ1n) is 37.2. The predicted molar refractivity (Wildman–Crippen MR) is 388 cm³/mol. The summed E-state index contributed by atoms with van der Waals surface area (Å²) in [4.78, 5) is 195. The number of phenolic OH excluding ortho intramolecular Hbond substituents is 1. The molecule has 32 heteroatoms. The Balaban J connectivity index is 1.75. The fourth-order valence-electron chi connectivity index (χ4n) is 12.4. The van der Waals surface area contributed by atoms with Crippen LogP contribution in [0, 0.1) is 11.8 Å². The van der Waals surface area contributed by atoms with Gasteiger partial charge in [-0.1, -0.05) is 130 Å². The average Bonchev–Trinajstić information content (AvgIpc) is 1.62. The molecule has 2 bridgehead atoms. The van der Waals surface area contributed by atoms with Crippen LogP contribution in [0.1, 0.15) is 207 Å². The van der Waals surface area contributed by atoms with E-state index in [-0.39, 0.29) is 68.7 Å². The van der Waals surface area contributed by atoms with Gasteiger partial charge < -0.3 is 94.5 Å². The topological polar surface area (TPSA) is 513 Å². The molecule has 1 unspecified atom stereocenters. The lowest BCUT2D eigenvalue weighted by Gasteiger charge is -2.31. The molecule has 0 aromatic heterocycles. The molecule has 32 nitrogen and oxygen atoms in total. The van der Waals surface area contributed by atoms with Crippen molar-refractivity contribution in [2.45, 2.75) is 281 Å². The number of unbranched alkanes of at least 4 members (excludes halogenated alkanes) is 8. The van der Waals surface area contributed by atoms with Gasteiger partial charge in [0.15, 0.2) is 0 Å². The van der Waals surface area contributed by atoms with Crippen LogP contribution in [-0.4, -0.2) is 199 Å². The van der Waals surface area contributed by atoms with Gasteiger partial charge in [0.2, 0.25) is 65.0 Å². The van der Waals surface area contributed by atoms with Gasteiger partial charge in [-0.3, -0.25) is 62.3 Å². The number of esters is 1. The van der Waals surface area contributed by atoms with E-state index >= 15 is 0 Å². The maximum Gasteiger partial charge on any atom is 0.334 e. The Morgan fingerprint density at radius 1 is 0.594 bits per heavy atom. The highest BCUT2D eigenvalue weighted by Crippen LogP contribution is 2.23. The zero-order chi connectivity index (χ0) is 78.6. The minimum absolute atomic E-state index is 0.0226. The van der Waals surface area contributed by atoms with E-state index < -0.39 is 213 Å². The summed E-state index contributed by atoms with van der Waals surface area (Å²) in [7, 11) is 0. The lowest BCUT2D eigenvalue weighted by Crippen LogP contribution is -2.62.